The van der Waals surface area contributed by atoms with Gasteiger partial charge in [-0.3, -0.25) is 0 Å². The summed E-state index contributed by atoms with van der Waals surface area (Å²) in [5.41, 5.74) is 5.71. The maximum atomic E-state index is 14.9. The molecule has 5 aromatic carbocycles. The Morgan fingerprint density at radius 1 is 0.500 bits per heavy atom. The molecule has 0 saturated carbocycles. The Labute approximate surface area is 269 Å². The van der Waals surface area contributed by atoms with Gasteiger partial charge >= 0.3 is 24.3 Å². The second-order valence-corrected chi connectivity index (χ2v) is 10.3. The first-order valence-corrected chi connectivity index (χ1v) is 14.0. The van der Waals surface area contributed by atoms with Gasteiger partial charge in [-0.05, 0) is 48.5 Å². The quantitative estimate of drug-likeness (QED) is 0.0806. The Bertz CT molecular complexity index is 1840. The van der Waals surface area contributed by atoms with E-state index in [1.54, 1.807) is 24.3 Å². The molecule has 0 bridgehead atoms. The molecule has 1 aliphatic rings. The molecule has 0 spiro atoms. The molecule has 0 radical (unpaired) electrons. The Kier molecular flexibility index (Phi) is 9.06. The lowest BCUT2D eigenvalue weighted by atomic mass is 9.72. The van der Waals surface area contributed by atoms with Gasteiger partial charge < -0.3 is 25.7 Å². The van der Waals surface area contributed by atoms with E-state index in [1.165, 1.54) is 60.7 Å². The molecule has 1 heterocycles. The number of alkyl halides is 6. The largest absolute Gasteiger partial charge is 0.457 e. The number of fused-ring (bicyclic) bond motifs is 1. The van der Waals surface area contributed by atoms with Crippen molar-refractivity contribution in [3.63, 3.8) is 0 Å². The van der Waals surface area contributed by atoms with Crippen LogP contribution in [0.2, 0.25) is 0 Å². The van der Waals surface area contributed by atoms with Gasteiger partial charge in [0.1, 0.15) is 23.0 Å². The van der Waals surface area contributed by atoms with E-state index in [0.29, 0.717) is 11.1 Å². The van der Waals surface area contributed by atoms with Crippen LogP contribution in [0.3, 0.4) is 0 Å². The number of nitrogen functional groups attached to an aromatic ring is 2. The van der Waals surface area contributed by atoms with Crippen LogP contribution in [0.1, 0.15) is 31.8 Å². The van der Waals surface area contributed by atoms with Crippen LogP contribution >= 0.6 is 0 Å². The predicted molar refractivity (Wildman–Crippen MR) is 164 cm³/mol. The van der Waals surface area contributed by atoms with Gasteiger partial charge in [0.05, 0.1) is 11.1 Å². The highest BCUT2D eigenvalue weighted by Crippen LogP contribution is 2.60. The smallest absolute Gasteiger partial charge is 0.411 e. The summed E-state index contributed by atoms with van der Waals surface area (Å²) < 4.78 is 105. The molecule has 1 aliphatic heterocycles. The Hall–Kier alpha value is -5.98. The van der Waals surface area contributed by atoms with Crippen LogP contribution < -0.4 is 20.9 Å². The van der Waals surface area contributed by atoms with Gasteiger partial charge in [-0.15, -0.1) is 0 Å². The standard InChI is InChI=1S/C27H20F6N2O2.C8H4O3/c28-26(29,30)25(27(31,32)33,21-11-1-3-13-23(21)36-19-9-5-7-17(34)15-19)22-12-2-4-14-24(22)37-20-10-6-8-18(35)16-20;9-7-5-3-1-2-4-6(5)8(10)11-7/h1-16H,34-35H2;1-4H. The molecule has 0 aromatic heterocycles. The number of hydrogen-bond acceptors (Lipinski definition) is 7. The summed E-state index contributed by atoms with van der Waals surface area (Å²) in [7, 11) is 0. The van der Waals surface area contributed by atoms with Crippen molar-refractivity contribution in [1.29, 1.82) is 0 Å². The third-order valence-corrected chi connectivity index (χ3v) is 7.16. The number of rotatable bonds is 6. The minimum absolute atomic E-state index is 0.0324. The molecule has 0 amide bonds. The number of nitrogens with two attached hydrogens (primary N) is 2. The zero-order chi connectivity index (χ0) is 34.7. The average Bonchev–Trinajstić information content (AvgIpc) is 3.31. The van der Waals surface area contributed by atoms with Crippen molar-refractivity contribution in [1.82, 2.24) is 0 Å². The number of carbonyl (C=O) groups excluding carboxylic acids is 2. The predicted octanol–water partition coefficient (Wildman–Crippen LogP) is 8.84. The molecular formula is C35H24F6N2O5. The second-order valence-electron chi connectivity index (χ2n) is 10.3. The zero-order valence-corrected chi connectivity index (χ0v) is 24.5. The molecule has 0 aliphatic carbocycles. The number of anilines is 2. The number of hydrogen-bond donors (Lipinski definition) is 2. The molecule has 6 rings (SSSR count). The van der Waals surface area contributed by atoms with E-state index in [1.807, 2.05) is 0 Å². The summed E-state index contributed by atoms with van der Waals surface area (Å²) in [6.07, 6.45) is -11.7. The summed E-state index contributed by atoms with van der Waals surface area (Å²) in [6, 6.07) is 26.0. The lowest BCUT2D eigenvalue weighted by Gasteiger charge is -2.39. The summed E-state index contributed by atoms with van der Waals surface area (Å²) >= 11 is 0. The van der Waals surface area contributed by atoms with E-state index in [-0.39, 0.29) is 22.9 Å². The topological polar surface area (TPSA) is 114 Å². The highest BCUT2D eigenvalue weighted by atomic mass is 19.4. The van der Waals surface area contributed by atoms with Crippen LogP contribution in [-0.2, 0) is 10.2 Å². The minimum Gasteiger partial charge on any atom is -0.457 e. The van der Waals surface area contributed by atoms with Crippen molar-refractivity contribution < 1.29 is 50.1 Å². The molecule has 5 aromatic rings. The van der Waals surface area contributed by atoms with E-state index < -0.39 is 52.3 Å². The van der Waals surface area contributed by atoms with Crippen LogP contribution in [0.25, 0.3) is 0 Å². The fourth-order valence-corrected chi connectivity index (χ4v) is 5.09. The van der Waals surface area contributed by atoms with Crippen molar-refractivity contribution >= 4 is 23.3 Å². The van der Waals surface area contributed by atoms with Crippen molar-refractivity contribution in [2.45, 2.75) is 17.8 Å². The van der Waals surface area contributed by atoms with E-state index in [9.17, 15) is 35.9 Å². The summed E-state index contributed by atoms with van der Waals surface area (Å²) in [6.45, 7) is 0. The number of para-hydroxylation sites is 2. The molecule has 7 nitrogen and oxygen atoms in total. The van der Waals surface area contributed by atoms with Crippen LogP contribution in [0, 0.1) is 0 Å². The van der Waals surface area contributed by atoms with Crippen LogP contribution in [0.15, 0.2) is 121 Å². The number of cyclic esters (lactones) is 2. The van der Waals surface area contributed by atoms with Gasteiger partial charge in [-0.25, -0.2) is 9.59 Å². The van der Waals surface area contributed by atoms with Gasteiger partial charge in [0.25, 0.3) is 0 Å². The number of halogens is 6. The molecule has 13 heteroatoms. The van der Waals surface area contributed by atoms with E-state index in [2.05, 4.69) is 4.74 Å². The van der Waals surface area contributed by atoms with E-state index in [4.69, 9.17) is 20.9 Å². The Balaban J connectivity index is 0.000000343. The van der Waals surface area contributed by atoms with Crippen molar-refractivity contribution in [2.75, 3.05) is 11.5 Å². The molecule has 0 atom stereocenters. The summed E-state index contributed by atoms with van der Waals surface area (Å²) in [5, 5.41) is 0. The highest BCUT2D eigenvalue weighted by Gasteiger charge is 2.74. The first kappa shape index (κ1) is 33.4. The molecule has 4 N–H and O–H groups in total. The second kappa shape index (κ2) is 13.0. The fraction of sp³-hybridized carbons (Fsp3) is 0.0857. The first-order valence-electron chi connectivity index (χ1n) is 14.0. The van der Waals surface area contributed by atoms with Crippen LogP contribution in [-0.4, -0.2) is 24.3 Å². The third-order valence-electron chi connectivity index (χ3n) is 7.16. The molecule has 246 valence electrons. The monoisotopic (exact) mass is 666 g/mol. The Morgan fingerprint density at radius 3 is 1.25 bits per heavy atom. The SMILES string of the molecule is Nc1cccc(Oc2ccccc2C(c2ccccc2Oc2cccc(N)c2)(C(F)(F)F)C(F)(F)F)c1.O=C1OC(=O)c2ccccc21. The summed E-state index contributed by atoms with van der Waals surface area (Å²) in [5.74, 6) is -2.47. The maximum absolute atomic E-state index is 14.9. The lowest BCUT2D eigenvalue weighted by Crippen LogP contribution is -2.55. The number of carbonyl (C=O) groups is 2. The summed E-state index contributed by atoms with van der Waals surface area (Å²) in [4.78, 5) is 21.7. The van der Waals surface area contributed by atoms with Gasteiger partial charge in [0, 0.05) is 34.6 Å². The van der Waals surface area contributed by atoms with Gasteiger partial charge in [0.2, 0.25) is 5.41 Å². The maximum Gasteiger partial charge on any atom is 0.411 e. The van der Waals surface area contributed by atoms with Gasteiger partial charge in [-0.1, -0.05) is 60.7 Å². The molecule has 0 unspecified atom stereocenters. The molecule has 0 saturated heterocycles. The number of esters is 2. The van der Waals surface area contributed by atoms with Crippen molar-refractivity contribution in [2.24, 2.45) is 0 Å². The fourth-order valence-electron chi connectivity index (χ4n) is 5.09. The first-order chi connectivity index (χ1) is 22.7. The average molecular weight is 667 g/mol. The molecular weight excluding hydrogens is 642 g/mol. The van der Waals surface area contributed by atoms with Crippen LogP contribution in [0.4, 0.5) is 37.7 Å². The van der Waals surface area contributed by atoms with E-state index >= 15 is 0 Å². The normalized spacial score (nSPS) is 12.8. The minimum atomic E-state index is -5.87. The van der Waals surface area contributed by atoms with Gasteiger partial charge in [0.15, 0.2) is 0 Å². The number of ether oxygens (including phenoxy) is 3. The van der Waals surface area contributed by atoms with Crippen LogP contribution in [0.5, 0.6) is 23.0 Å². The number of benzene rings is 5. The van der Waals surface area contributed by atoms with Crippen molar-refractivity contribution in [3.05, 3.63) is 144 Å². The van der Waals surface area contributed by atoms with E-state index in [0.717, 1.165) is 36.4 Å². The van der Waals surface area contributed by atoms with Gasteiger partial charge in [-0.2, -0.15) is 26.3 Å². The van der Waals surface area contributed by atoms with Crippen molar-refractivity contribution in [3.8, 4) is 23.0 Å². The highest BCUT2D eigenvalue weighted by molar-refractivity contribution is 6.14. The molecule has 0 fully saturated rings. The third kappa shape index (κ3) is 6.47. The lowest BCUT2D eigenvalue weighted by molar-refractivity contribution is -0.289. The Morgan fingerprint density at radius 2 is 0.875 bits per heavy atom. The molecule has 48 heavy (non-hydrogen) atoms. The zero-order valence-electron chi connectivity index (χ0n) is 24.5.